The van der Waals surface area contributed by atoms with Crippen LogP contribution in [-0.4, -0.2) is 86.7 Å². The highest BCUT2D eigenvalue weighted by Crippen LogP contribution is 2.52. The number of likely N-dealkylation sites (tertiary alicyclic amines) is 2. The molecular formula is C30H36N6O3. The zero-order chi connectivity index (χ0) is 26.9. The average molecular weight is 529 g/mol. The minimum atomic E-state index is -0.640. The fourth-order valence-corrected chi connectivity index (χ4v) is 7.45. The predicted molar refractivity (Wildman–Crippen MR) is 147 cm³/mol. The van der Waals surface area contributed by atoms with Crippen LogP contribution in [0.1, 0.15) is 47.9 Å². The molecule has 1 amide bonds. The van der Waals surface area contributed by atoms with E-state index in [9.17, 15) is 14.7 Å². The monoisotopic (exact) mass is 528 g/mol. The van der Waals surface area contributed by atoms with Gasteiger partial charge >= 0.3 is 5.97 Å². The Morgan fingerprint density at radius 3 is 2.46 bits per heavy atom. The van der Waals surface area contributed by atoms with Crippen molar-refractivity contribution >= 4 is 23.2 Å². The standard InChI is InChI=1S/C30H36N6O3/c1-19-14-22(34-13-10-30(2,18-34)20-6-4-3-5-7-20)15-36-27(19)31-26(32-36)28(37)33-11-8-21(9-12-33)35-16-23-24(17-35)25(23)29(38)39/h3-7,14-15,21,23-25H,8-13,16-18H2,1-2H3,(H,38,39)/t23?,24?,25?,30-/m0/s1. The summed E-state index contributed by atoms with van der Waals surface area (Å²) in [7, 11) is 0. The van der Waals surface area contributed by atoms with Crippen LogP contribution in [0.5, 0.6) is 0 Å². The molecule has 1 aliphatic carbocycles. The summed E-state index contributed by atoms with van der Waals surface area (Å²) >= 11 is 0. The Bertz CT molecular complexity index is 1420. The third-order valence-electron chi connectivity index (χ3n) is 9.88. The zero-order valence-corrected chi connectivity index (χ0v) is 22.7. The number of carbonyl (C=O) groups is 2. The Hall–Kier alpha value is -3.46. The number of anilines is 1. The third kappa shape index (κ3) is 4.18. The molecule has 4 aliphatic rings. The molecule has 1 aromatic carbocycles. The molecule has 2 aromatic heterocycles. The number of pyridine rings is 1. The predicted octanol–water partition coefficient (Wildman–Crippen LogP) is 3.07. The molecule has 1 saturated carbocycles. The Labute approximate surface area is 228 Å². The lowest BCUT2D eigenvalue weighted by Crippen LogP contribution is -2.47. The van der Waals surface area contributed by atoms with Gasteiger partial charge in [0.1, 0.15) is 0 Å². The first-order chi connectivity index (χ1) is 18.8. The molecule has 39 heavy (non-hydrogen) atoms. The molecule has 0 spiro atoms. The number of amides is 1. The number of carbonyl (C=O) groups excluding carboxylic acids is 1. The molecule has 3 atom stereocenters. The van der Waals surface area contributed by atoms with E-state index in [1.165, 1.54) is 5.56 Å². The van der Waals surface area contributed by atoms with Gasteiger partial charge in [-0.3, -0.25) is 14.5 Å². The Morgan fingerprint density at radius 2 is 1.77 bits per heavy atom. The summed E-state index contributed by atoms with van der Waals surface area (Å²) in [5.41, 5.74) is 4.32. The van der Waals surface area contributed by atoms with Crippen LogP contribution in [-0.2, 0) is 10.2 Å². The van der Waals surface area contributed by atoms with Crippen LogP contribution in [0.3, 0.4) is 0 Å². The molecule has 204 valence electrons. The van der Waals surface area contributed by atoms with Gasteiger partial charge in [0, 0.05) is 50.7 Å². The molecule has 4 fully saturated rings. The quantitative estimate of drug-likeness (QED) is 0.544. The number of piperidine rings is 2. The number of carboxylic acid groups (broad SMARTS) is 1. The fraction of sp³-hybridized carbons (Fsp3) is 0.533. The normalized spacial score (nSPS) is 29.2. The van der Waals surface area contributed by atoms with Crippen LogP contribution < -0.4 is 4.90 Å². The van der Waals surface area contributed by atoms with Gasteiger partial charge in [-0.25, -0.2) is 9.50 Å². The highest BCUT2D eigenvalue weighted by Gasteiger charge is 2.60. The number of hydrogen-bond donors (Lipinski definition) is 1. The zero-order valence-electron chi connectivity index (χ0n) is 22.7. The minimum absolute atomic E-state index is 0.104. The smallest absolute Gasteiger partial charge is 0.307 e. The molecule has 3 aromatic rings. The molecular weight excluding hydrogens is 492 g/mol. The number of nitrogens with zero attached hydrogens (tertiary/aromatic N) is 6. The second-order valence-electron chi connectivity index (χ2n) is 12.4. The van der Waals surface area contributed by atoms with E-state index in [1.54, 1.807) is 4.52 Å². The van der Waals surface area contributed by atoms with Crippen LogP contribution in [0.15, 0.2) is 42.6 Å². The van der Waals surface area contributed by atoms with Gasteiger partial charge in [0.15, 0.2) is 5.65 Å². The maximum atomic E-state index is 13.4. The molecule has 0 bridgehead atoms. The molecule has 3 saturated heterocycles. The topological polar surface area (TPSA) is 94.3 Å². The van der Waals surface area contributed by atoms with E-state index in [2.05, 4.69) is 63.2 Å². The number of rotatable bonds is 5. The van der Waals surface area contributed by atoms with Gasteiger partial charge < -0.3 is 14.9 Å². The summed E-state index contributed by atoms with van der Waals surface area (Å²) in [5.74, 6) is 0.0302. The van der Waals surface area contributed by atoms with Crippen molar-refractivity contribution < 1.29 is 14.7 Å². The largest absolute Gasteiger partial charge is 0.481 e. The molecule has 2 unspecified atom stereocenters. The Morgan fingerprint density at radius 1 is 1.05 bits per heavy atom. The molecule has 0 radical (unpaired) electrons. The SMILES string of the molecule is Cc1cc(N2CC[C@](C)(c3ccccc3)C2)cn2nc(C(=O)N3CCC(N4CC5C(C4)C5C(=O)O)CC3)nc12. The lowest BCUT2D eigenvalue weighted by Gasteiger charge is -2.37. The summed E-state index contributed by atoms with van der Waals surface area (Å²) in [6, 6.07) is 13.3. The van der Waals surface area contributed by atoms with Crippen molar-refractivity contribution in [3.63, 3.8) is 0 Å². The van der Waals surface area contributed by atoms with Gasteiger partial charge in [-0.2, -0.15) is 0 Å². The van der Waals surface area contributed by atoms with Gasteiger partial charge in [-0.05, 0) is 55.2 Å². The van der Waals surface area contributed by atoms with Crippen LogP contribution in [0.25, 0.3) is 5.65 Å². The lowest BCUT2D eigenvalue weighted by atomic mass is 9.82. The Kier molecular flexibility index (Phi) is 5.70. The molecule has 9 nitrogen and oxygen atoms in total. The number of carboxylic acids is 1. The maximum Gasteiger partial charge on any atom is 0.307 e. The molecule has 1 N–H and O–H groups in total. The average Bonchev–Trinajstić information content (AvgIpc) is 3.33. The summed E-state index contributed by atoms with van der Waals surface area (Å²) in [4.78, 5) is 36.0. The highest BCUT2D eigenvalue weighted by atomic mass is 16.4. The molecule has 9 heteroatoms. The number of aryl methyl sites for hydroxylation is 1. The fourth-order valence-electron chi connectivity index (χ4n) is 7.45. The maximum absolute atomic E-state index is 13.4. The van der Waals surface area contributed by atoms with Crippen molar-refractivity contribution in [3.8, 4) is 0 Å². The van der Waals surface area contributed by atoms with Crippen LogP contribution in [0, 0.1) is 24.7 Å². The van der Waals surface area contributed by atoms with E-state index in [-0.39, 0.29) is 23.1 Å². The van der Waals surface area contributed by atoms with Gasteiger partial charge in [0.2, 0.25) is 5.82 Å². The first-order valence-corrected chi connectivity index (χ1v) is 14.2. The van der Waals surface area contributed by atoms with E-state index < -0.39 is 5.97 Å². The second-order valence-corrected chi connectivity index (χ2v) is 12.4. The second kappa shape index (κ2) is 9.05. The summed E-state index contributed by atoms with van der Waals surface area (Å²) < 4.78 is 1.78. The van der Waals surface area contributed by atoms with Crippen molar-refractivity contribution in [1.29, 1.82) is 0 Å². The van der Waals surface area contributed by atoms with Crippen molar-refractivity contribution in [3.05, 3.63) is 59.5 Å². The number of aliphatic carboxylic acids is 1. The number of hydrogen-bond acceptors (Lipinski definition) is 6. The van der Waals surface area contributed by atoms with Gasteiger partial charge in [0.25, 0.3) is 5.91 Å². The molecule has 5 heterocycles. The van der Waals surface area contributed by atoms with Crippen molar-refractivity contribution in [2.45, 2.75) is 44.6 Å². The minimum Gasteiger partial charge on any atom is -0.481 e. The van der Waals surface area contributed by atoms with Crippen LogP contribution in [0.4, 0.5) is 5.69 Å². The summed E-state index contributed by atoms with van der Waals surface area (Å²) in [6.07, 6.45) is 4.92. The van der Waals surface area contributed by atoms with E-state index in [0.29, 0.717) is 31.0 Å². The number of fused-ring (bicyclic) bond motifs is 2. The first-order valence-electron chi connectivity index (χ1n) is 14.2. The number of aromatic nitrogens is 3. The van der Waals surface area contributed by atoms with Crippen LogP contribution >= 0.6 is 0 Å². The highest BCUT2D eigenvalue weighted by molar-refractivity contribution is 5.91. The molecule has 7 rings (SSSR count). The van der Waals surface area contributed by atoms with E-state index in [1.807, 2.05) is 18.0 Å². The van der Waals surface area contributed by atoms with Crippen LogP contribution in [0.2, 0.25) is 0 Å². The third-order valence-corrected chi connectivity index (χ3v) is 9.88. The molecule has 3 aliphatic heterocycles. The van der Waals surface area contributed by atoms with Crippen molar-refractivity contribution in [1.82, 2.24) is 24.4 Å². The van der Waals surface area contributed by atoms with Gasteiger partial charge in [-0.1, -0.05) is 37.3 Å². The van der Waals surface area contributed by atoms with E-state index in [0.717, 1.165) is 62.3 Å². The van der Waals surface area contributed by atoms with Gasteiger partial charge in [-0.15, -0.1) is 5.10 Å². The summed E-state index contributed by atoms with van der Waals surface area (Å²) in [5, 5.41) is 13.9. The lowest BCUT2D eigenvalue weighted by molar-refractivity contribution is -0.139. The van der Waals surface area contributed by atoms with E-state index >= 15 is 0 Å². The number of benzene rings is 1. The first kappa shape index (κ1) is 24.6. The van der Waals surface area contributed by atoms with E-state index in [4.69, 9.17) is 0 Å². The Balaban J connectivity index is 1.01. The van der Waals surface area contributed by atoms with Crippen molar-refractivity contribution in [2.75, 3.05) is 44.2 Å². The summed E-state index contributed by atoms with van der Waals surface area (Å²) in [6.45, 7) is 9.42. The van der Waals surface area contributed by atoms with Gasteiger partial charge in [0.05, 0.1) is 17.8 Å². The van der Waals surface area contributed by atoms with Crippen molar-refractivity contribution in [2.24, 2.45) is 17.8 Å².